The lowest BCUT2D eigenvalue weighted by Gasteiger charge is -2.15. The summed E-state index contributed by atoms with van der Waals surface area (Å²) in [5.74, 6) is -4.49. The number of rotatable bonds is 5. The van der Waals surface area contributed by atoms with E-state index in [2.05, 4.69) is 15.0 Å². The van der Waals surface area contributed by atoms with Gasteiger partial charge in [0.05, 0.1) is 11.6 Å². The van der Waals surface area contributed by atoms with Gasteiger partial charge in [0, 0.05) is 18.2 Å². The minimum atomic E-state index is -4.96. The Morgan fingerprint density at radius 3 is 2.52 bits per heavy atom. The first-order valence-corrected chi connectivity index (χ1v) is 8.74. The second-order valence-electron chi connectivity index (χ2n) is 6.66. The van der Waals surface area contributed by atoms with Gasteiger partial charge in [0.15, 0.2) is 5.82 Å². The third-order valence-corrected chi connectivity index (χ3v) is 4.23. The average Bonchev–Trinajstić information content (AvgIpc) is 2.96. The Bertz CT molecular complexity index is 1110. The molecule has 166 valence electrons. The Morgan fingerprint density at radius 2 is 1.87 bits per heavy atom. The molecule has 12 heteroatoms. The average molecular weight is 449 g/mol. The topological polar surface area (TPSA) is 55.6 Å². The van der Waals surface area contributed by atoms with Crippen molar-refractivity contribution >= 4 is 17.4 Å². The molecule has 0 radical (unpaired) electrons. The third kappa shape index (κ3) is 5.44. The lowest BCUT2D eigenvalue weighted by molar-refractivity contribution is -0.274. The lowest BCUT2D eigenvalue weighted by atomic mass is 10.1. The number of hydrogen-bond acceptors (Lipinski definition) is 3. The van der Waals surface area contributed by atoms with E-state index in [-0.39, 0.29) is 22.7 Å². The van der Waals surface area contributed by atoms with Crippen LogP contribution in [0, 0.1) is 11.7 Å². The fourth-order valence-electron chi connectivity index (χ4n) is 2.80. The maximum atomic E-state index is 13.8. The molecule has 0 saturated carbocycles. The van der Waals surface area contributed by atoms with Crippen LogP contribution in [0.25, 0.3) is 16.9 Å². The van der Waals surface area contributed by atoms with Crippen LogP contribution in [0.5, 0.6) is 5.75 Å². The van der Waals surface area contributed by atoms with Gasteiger partial charge in [-0.05, 0) is 24.3 Å². The summed E-state index contributed by atoms with van der Waals surface area (Å²) in [6.45, 7) is 0.831. The van der Waals surface area contributed by atoms with Crippen molar-refractivity contribution in [1.82, 2.24) is 9.38 Å². The van der Waals surface area contributed by atoms with Crippen LogP contribution in [0.3, 0.4) is 0 Å². The smallest absolute Gasteiger partial charge is 0.406 e. The van der Waals surface area contributed by atoms with Crippen molar-refractivity contribution in [2.75, 3.05) is 5.32 Å². The number of benzene rings is 1. The van der Waals surface area contributed by atoms with E-state index < -0.39 is 42.4 Å². The van der Waals surface area contributed by atoms with Gasteiger partial charge in [0.25, 0.3) is 0 Å². The summed E-state index contributed by atoms with van der Waals surface area (Å²) in [7, 11) is 0. The van der Waals surface area contributed by atoms with Gasteiger partial charge < -0.3 is 10.1 Å². The molecular formula is C19H14F7N3O2. The van der Waals surface area contributed by atoms with Gasteiger partial charge in [0.1, 0.15) is 17.2 Å². The molecule has 0 aliphatic heterocycles. The molecular weight excluding hydrogens is 435 g/mol. The largest absolute Gasteiger partial charge is 0.573 e. The number of alkyl halides is 6. The fourth-order valence-corrected chi connectivity index (χ4v) is 2.80. The highest BCUT2D eigenvalue weighted by Crippen LogP contribution is 2.34. The van der Waals surface area contributed by atoms with E-state index in [9.17, 15) is 35.5 Å². The maximum absolute atomic E-state index is 13.8. The van der Waals surface area contributed by atoms with Gasteiger partial charge in [0.2, 0.25) is 5.91 Å². The summed E-state index contributed by atoms with van der Waals surface area (Å²) in [5.41, 5.74) is 0.131. The summed E-state index contributed by atoms with van der Waals surface area (Å²) >= 11 is 0. The minimum Gasteiger partial charge on any atom is -0.406 e. The predicted molar refractivity (Wildman–Crippen MR) is 95.7 cm³/mol. The second kappa shape index (κ2) is 8.08. The SMILES string of the molecule is CC(CC(=O)Nc1nc2ccc(F)cn2c1-c1cccc(OC(F)(F)F)c1)C(F)(F)F. The summed E-state index contributed by atoms with van der Waals surface area (Å²) in [5, 5.41) is 2.23. The maximum Gasteiger partial charge on any atom is 0.573 e. The molecule has 2 aromatic heterocycles. The van der Waals surface area contributed by atoms with E-state index in [1.807, 2.05) is 0 Å². The third-order valence-electron chi connectivity index (χ3n) is 4.23. The van der Waals surface area contributed by atoms with E-state index in [4.69, 9.17) is 0 Å². The molecule has 0 aliphatic rings. The zero-order valence-corrected chi connectivity index (χ0v) is 15.7. The number of nitrogens with one attached hydrogen (secondary N) is 1. The van der Waals surface area contributed by atoms with Crippen LogP contribution in [-0.4, -0.2) is 27.8 Å². The van der Waals surface area contributed by atoms with E-state index in [0.717, 1.165) is 35.7 Å². The van der Waals surface area contributed by atoms with Crippen LogP contribution >= 0.6 is 0 Å². The standard InChI is InChI=1S/C19H14F7N3O2/c1-10(18(21,22)23)7-15(30)28-17-16(29-9-12(20)5-6-14(29)27-17)11-3-2-4-13(8-11)31-19(24,25)26/h2-6,8-10H,7H2,1H3,(H,28,30). The van der Waals surface area contributed by atoms with Crippen molar-refractivity contribution in [3.8, 4) is 17.0 Å². The molecule has 1 unspecified atom stereocenters. The number of halogens is 7. The molecule has 1 N–H and O–H groups in total. The molecule has 3 aromatic rings. The predicted octanol–water partition coefficient (Wildman–Crippen LogP) is 5.57. The van der Waals surface area contributed by atoms with E-state index in [1.54, 1.807) is 0 Å². The zero-order valence-electron chi connectivity index (χ0n) is 15.7. The van der Waals surface area contributed by atoms with E-state index in [1.165, 1.54) is 18.2 Å². The molecule has 0 bridgehead atoms. The van der Waals surface area contributed by atoms with Crippen LogP contribution < -0.4 is 10.1 Å². The number of imidazole rings is 1. The zero-order chi connectivity index (χ0) is 23.0. The quantitative estimate of drug-likeness (QED) is 0.519. The van der Waals surface area contributed by atoms with Crippen molar-refractivity contribution in [2.45, 2.75) is 25.9 Å². The number of nitrogens with zero attached hydrogens (tertiary/aromatic N) is 2. The number of amides is 1. The Hall–Kier alpha value is -3.31. The Kier molecular flexibility index (Phi) is 5.83. The molecule has 5 nitrogen and oxygen atoms in total. The monoisotopic (exact) mass is 449 g/mol. The van der Waals surface area contributed by atoms with Crippen molar-refractivity contribution in [3.63, 3.8) is 0 Å². The summed E-state index contributed by atoms with van der Waals surface area (Å²) in [4.78, 5) is 16.2. The highest BCUT2D eigenvalue weighted by Gasteiger charge is 2.37. The number of carbonyl (C=O) groups excluding carboxylic acids is 1. The summed E-state index contributed by atoms with van der Waals surface area (Å²) in [6, 6.07) is 6.90. The summed E-state index contributed by atoms with van der Waals surface area (Å²) < 4.78 is 94.7. The molecule has 3 rings (SSSR count). The molecule has 31 heavy (non-hydrogen) atoms. The van der Waals surface area contributed by atoms with Crippen LogP contribution in [0.1, 0.15) is 13.3 Å². The molecule has 0 fully saturated rings. The van der Waals surface area contributed by atoms with E-state index >= 15 is 0 Å². The van der Waals surface area contributed by atoms with Gasteiger partial charge in [-0.2, -0.15) is 13.2 Å². The highest BCUT2D eigenvalue weighted by molar-refractivity contribution is 5.94. The second-order valence-corrected chi connectivity index (χ2v) is 6.66. The number of ether oxygens (including phenoxy) is 1. The summed E-state index contributed by atoms with van der Waals surface area (Å²) in [6.07, 6.45) is -9.48. The van der Waals surface area contributed by atoms with Gasteiger partial charge >= 0.3 is 12.5 Å². The Balaban J connectivity index is 2.03. The molecule has 0 saturated heterocycles. The van der Waals surface area contributed by atoms with Crippen molar-refractivity contribution in [1.29, 1.82) is 0 Å². The molecule has 1 aromatic carbocycles. The lowest BCUT2D eigenvalue weighted by Crippen LogP contribution is -2.25. The van der Waals surface area contributed by atoms with Gasteiger partial charge in [-0.25, -0.2) is 9.37 Å². The molecule has 1 atom stereocenters. The number of pyridine rings is 1. The molecule has 0 aliphatic carbocycles. The minimum absolute atomic E-state index is 0.0323. The van der Waals surface area contributed by atoms with Crippen LogP contribution in [-0.2, 0) is 4.79 Å². The number of fused-ring (bicyclic) bond motifs is 1. The highest BCUT2D eigenvalue weighted by atomic mass is 19.4. The fraction of sp³-hybridized carbons (Fsp3) is 0.263. The first-order chi connectivity index (χ1) is 14.3. The van der Waals surface area contributed by atoms with E-state index in [0.29, 0.717) is 0 Å². The first kappa shape index (κ1) is 22.4. The van der Waals surface area contributed by atoms with Crippen LogP contribution in [0.15, 0.2) is 42.6 Å². The Labute approximate surface area is 170 Å². The molecule has 0 spiro atoms. The van der Waals surface area contributed by atoms with Gasteiger partial charge in [-0.3, -0.25) is 9.20 Å². The van der Waals surface area contributed by atoms with Gasteiger partial charge in [-0.15, -0.1) is 13.2 Å². The van der Waals surface area contributed by atoms with Crippen LogP contribution in [0.4, 0.5) is 36.6 Å². The van der Waals surface area contributed by atoms with Crippen LogP contribution in [0.2, 0.25) is 0 Å². The number of anilines is 1. The first-order valence-electron chi connectivity index (χ1n) is 8.74. The van der Waals surface area contributed by atoms with Crippen molar-refractivity contribution < 1.29 is 40.3 Å². The van der Waals surface area contributed by atoms with Crippen molar-refractivity contribution in [2.24, 2.45) is 5.92 Å². The molecule has 2 heterocycles. The Morgan fingerprint density at radius 1 is 1.16 bits per heavy atom. The number of hydrogen-bond donors (Lipinski definition) is 1. The number of aromatic nitrogens is 2. The number of carbonyl (C=O) groups is 1. The van der Waals surface area contributed by atoms with Crippen molar-refractivity contribution in [3.05, 3.63) is 48.4 Å². The normalized spacial score (nSPS) is 13.3. The van der Waals surface area contributed by atoms with Gasteiger partial charge in [-0.1, -0.05) is 19.1 Å². The molecule has 1 amide bonds.